The number of carbonyl (C=O) groups excluding carboxylic acids is 1. The molecule has 3 rings (SSSR count). The zero-order valence-electron chi connectivity index (χ0n) is 17.2. The molecule has 0 aliphatic heterocycles. The van der Waals surface area contributed by atoms with Crippen LogP contribution in [0.15, 0.2) is 71.2 Å². The van der Waals surface area contributed by atoms with Gasteiger partial charge in [0.05, 0.1) is 11.6 Å². The molecule has 3 aromatic carbocycles. The molecule has 5 heteroatoms. The molecule has 1 amide bonds. The van der Waals surface area contributed by atoms with Crippen LogP contribution < -0.4 is 14.8 Å². The highest BCUT2D eigenvalue weighted by Gasteiger charge is 2.11. The molecule has 0 heterocycles. The van der Waals surface area contributed by atoms with Crippen LogP contribution in [0.1, 0.15) is 22.3 Å². The normalized spacial score (nSPS) is 10.8. The van der Waals surface area contributed by atoms with Gasteiger partial charge in [0.2, 0.25) is 5.91 Å². The van der Waals surface area contributed by atoms with Crippen LogP contribution in [0.3, 0.4) is 0 Å². The van der Waals surface area contributed by atoms with Crippen molar-refractivity contribution in [2.24, 2.45) is 0 Å². The molecule has 0 aromatic heterocycles. The molecule has 0 fully saturated rings. The van der Waals surface area contributed by atoms with E-state index in [2.05, 4.69) is 21.2 Å². The minimum absolute atomic E-state index is 0.191. The second-order valence-corrected chi connectivity index (χ2v) is 7.80. The lowest BCUT2D eigenvalue weighted by atomic mass is 10.1. The summed E-state index contributed by atoms with van der Waals surface area (Å²) in [6.45, 7) is 4.40. The van der Waals surface area contributed by atoms with Crippen molar-refractivity contribution in [2.75, 3.05) is 12.4 Å². The minimum atomic E-state index is -0.191. The van der Waals surface area contributed by atoms with Crippen LogP contribution in [0, 0.1) is 13.8 Å². The molecule has 154 valence electrons. The van der Waals surface area contributed by atoms with E-state index in [4.69, 9.17) is 9.47 Å². The molecule has 0 aliphatic carbocycles. The molecule has 0 radical (unpaired) electrons. The van der Waals surface area contributed by atoms with Gasteiger partial charge >= 0.3 is 0 Å². The van der Waals surface area contributed by atoms with Crippen LogP contribution in [0.5, 0.6) is 11.5 Å². The van der Waals surface area contributed by atoms with E-state index < -0.39 is 0 Å². The van der Waals surface area contributed by atoms with Gasteiger partial charge in [0.25, 0.3) is 0 Å². The summed E-state index contributed by atoms with van der Waals surface area (Å²) in [6, 6.07) is 19.6. The second-order valence-electron chi connectivity index (χ2n) is 6.95. The van der Waals surface area contributed by atoms with Crippen molar-refractivity contribution in [1.29, 1.82) is 0 Å². The number of carbonyl (C=O) groups is 1. The van der Waals surface area contributed by atoms with Crippen molar-refractivity contribution in [3.05, 3.63) is 93.5 Å². The van der Waals surface area contributed by atoms with Gasteiger partial charge in [-0.05, 0) is 76.3 Å². The van der Waals surface area contributed by atoms with E-state index in [0.717, 1.165) is 32.4 Å². The summed E-state index contributed by atoms with van der Waals surface area (Å²) in [5, 5.41) is 2.92. The van der Waals surface area contributed by atoms with Crippen molar-refractivity contribution >= 4 is 33.6 Å². The number of halogens is 1. The summed E-state index contributed by atoms with van der Waals surface area (Å²) in [7, 11) is 1.60. The predicted octanol–water partition coefficient (Wildman–Crippen LogP) is 6.31. The minimum Gasteiger partial charge on any atom is -0.493 e. The number of hydrogen-bond acceptors (Lipinski definition) is 3. The zero-order valence-corrected chi connectivity index (χ0v) is 18.8. The predicted molar refractivity (Wildman–Crippen MR) is 125 cm³/mol. The van der Waals surface area contributed by atoms with Gasteiger partial charge in [0.1, 0.15) is 6.61 Å². The maximum Gasteiger partial charge on any atom is 0.248 e. The van der Waals surface area contributed by atoms with E-state index >= 15 is 0 Å². The zero-order chi connectivity index (χ0) is 21.5. The first kappa shape index (κ1) is 21.7. The molecule has 0 aliphatic rings. The first-order valence-electron chi connectivity index (χ1n) is 9.57. The highest BCUT2D eigenvalue weighted by atomic mass is 79.9. The number of ether oxygens (including phenoxy) is 2. The first-order valence-corrected chi connectivity index (χ1v) is 10.4. The summed E-state index contributed by atoms with van der Waals surface area (Å²) < 4.78 is 12.2. The number of rotatable bonds is 7. The summed E-state index contributed by atoms with van der Waals surface area (Å²) in [5.41, 5.74) is 4.82. The third-order valence-corrected chi connectivity index (χ3v) is 5.14. The standard InChI is InChI=1S/C25H24BrNO3/c1-17-9-10-18(2)22(13-17)27-24(28)12-11-20-14-21(26)25(23(15-20)29-3)30-16-19-7-5-4-6-8-19/h4-15H,16H2,1-3H3,(H,27,28)/b12-11+. The average Bonchev–Trinajstić information content (AvgIpc) is 2.74. The first-order chi connectivity index (χ1) is 14.5. The van der Waals surface area contributed by atoms with Crippen LogP contribution in [0.4, 0.5) is 5.69 Å². The van der Waals surface area contributed by atoms with Gasteiger partial charge in [-0.2, -0.15) is 0 Å². The quantitative estimate of drug-likeness (QED) is 0.416. The molecule has 4 nitrogen and oxygen atoms in total. The molecule has 0 unspecified atom stereocenters. The van der Waals surface area contributed by atoms with Crippen molar-refractivity contribution in [3.8, 4) is 11.5 Å². The van der Waals surface area contributed by atoms with Gasteiger partial charge in [-0.25, -0.2) is 0 Å². The van der Waals surface area contributed by atoms with Gasteiger partial charge < -0.3 is 14.8 Å². The van der Waals surface area contributed by atoms with E-state index in [-0.39, 0.29) is 5.91 Å². The van der Waals surface area contributed by atoms with Crippen LogP contribution in [0.2, 0.25) is 0 Å². The monoisotopic (exact) mass is 465 g/mol. The van der Waals surface area contributed by atoms with Crippen LogP contribution >= 0.6 is 15.9 Å². The summed E-state index contributed by atoms with van der Waals surface area (Å²) in [4.78, 5) is 12.3. The van der Waals surface area contributed by atoms with Crippen molar-refractivity contribution < 1.29 is 14.3 Å². The Morgan fingerprint density at radius 3 is 2.57 bits per heavy atom. The maximum absolute atomic E-state index is 12.3. The molecule has 0 saturated heterocycles. The Labute approximate surface area is 185 Å². The molecule has 3 aromatic rings. The number of hydrogen-bond donors (Lipinski definition) is 1. The van der Waals surface area contributed by atoms with Gasteiger partial charge in [0.15, 0.2) is 11.5 Å². The molecule has 0 spiro atoms. The number of nitrogens with one attached hydrogen (secondary N) is 1. The number of aryl methyl sites for hydroxylation is 2. The molecule has 0 saturated carbocycles. The third-order valence-electron chi connectivity index (χ3n) is 4.56. The van der Waals surface area contributed by atoms with Gasteiger partial charge in [0, 0.05) is 11.8 Å². The Morgan fingerprint density at radius 2 is 1.83 bits per heavy atom. The summed E-state index contributed by atoms with van der Waals surface area (Å²) in [5.74, 6) is 1.02. The van der Waals surface area contributed by atoms with Crippen molar-refractivity contribution in [1.82, 2.24) is 0 Å². The number of methoxy groups -OCH3 is 1. The number of benzene rings is 3. The average molecular weight is 466 g/mol. The highest BCUT2D eigenvalue weighted by molar-refractivity contribution is 9.10. The van der Waals surface area contributed by atoms with E-state index in [1.807, 2.05) is 74.5 Å². The van der Waals surface area contributed by atoms with Gasteiger partial charge in [-0.3, -0.25) is 4.79 Å². The van der Waals surface area contributed by atoms with E-state index in [1.165, 1.54) is 6.08 Å². The van der Waals surface area contributed by atoms with Crippen LogP contribution in [0.25, 0.3) is 6.08 Å². The molecule has 1 N–H and O–H groups in total. The smallest absolute Gasteiger partial charge is 0.248 e. The van der Waals surface area contributed by atoms with Crippen molar-refractivity contribution in [2.45, 2.75) is 20.5 Å². The lowest BCUT2D eigenvalue weighted by Gasteiger charge is -2.13. The summed E-state index contributed by atoms with van der Waals surface area (Å²) >= 11 is 3.55. The fourth-order valence-corrected chi connectivity index (χ4v) is 3.50. The van der Waals surface area contributed by atoms with Crippen LogP contribution in [-0.4, -0.2) is 13.0 Å². The Bertz CT molecular complexity index is 1060. The summed E-state index contributed by atoms with van der Waals surface area (Å²) in [6.07, 6.45) is 3.25. The SMILES string of the molecule is COc1cc(/C=C/C(=O)Nc2cc(C)ccc2C)cc(Br)c1OCc1ccccc1. The highest BCUT2D eigenvalue weighted by Crippen LogP contribution is 2.37. The topological polar surface area (TPSA) is 47.6 Å². The number of anilines is 1. The fourth-order valence-electron chi connectivity index (χ4n) is 2.92. The second kappa shape index (κ2) is 10.1. The Balaban J connectivity index is 1.72. The largest absolute Gasteiger partial charge is 0.493 e. The molecular weight excluding hydrogens is 442 g/mol. The maximum atomic E-state index is 12.3. The third kappa shape index (κ3) is 5.74. The molecule has 0 bridgehead atoms. The lowest BCUT2D eigenvalue weighted by Crippen LogP contribution is -2.09. The number of amides is 1. The molecular formula is C25H24BrNO3. The van der Waals surface area contributed by atoms with E-state index in [9.17, 15) is 4.79 Å². The lowest BCUT2D eigenvalue weighted by molar-refractivity contribution is -0.111. The molecule has 0 atom stereocenters. The Hall–Kier alpha value is -3.05. The van der Waals surface area contributed by atoms with E-state index in [0.29, 0.717) is 18.1 Å². The van der Waals surface area contributed by atoms with E-state index in [1.54, 1.807) is 13.2 Å². The molecule has 30 heavy (non-hydrogen) atoms. The van der Waals surface area contributed by atoms with Crippen LogP contribution in [-0.2, 0) is 11.4 Å². The fraction of sp³-hybridized carbons (Fsp3) is 0.160. The van der Waals surface area contributed by atoms with Crippen molar-refractivity contribution in [3.63, 3.8) is 0 Å². The van der Waals surface area contributed by atoms with Gasteiger partial charge in [-0.15, -0.1) is 0 Å². The Morgan fingerprint density at radius 1 is 1.07 bits per heavy atom. The Kier molecular flexibility index (Phi) is 7.31. The van der Waals surface area contributed by atoms with Gasteiger partial charge in [-0.1, -0.05) is 42.5 Å².